The van der Waals surface area contributed by atoms with E-state index in [2.05, 4.69) is 11.2 Å². The Bertz CT molecular complexity index is 528. The highest BCUT2D eigenvalue weighted by Crippen LogP contribution is 2.25. The Morgan fingerprint density at radius 2 is 2.28 bits per heavy atom. The van der Waals surface area contributed by atoms with Crippen LogP contribution in [0.5, 0.6) is 5.75 Å². The number of rotatable bonds is 4. The van der Waals surface area contributed by atoms with Gasteiger partial charge in [-0.15, -0.1) is 6.42 Å². The van der Waals surface area contributed by atoms with E-state index in [0.717, 1.165) is 17.5 Å². The van der Waals surface area contributed by atoms with Crippen molar-refractivity contribution >= 4 is 11.7 Å². The highest BCUT2D eigenvalue weighted by Gasteiger charge is 2.19. The zero-order valence-electron chi connectivity index (χ0n) is 9.86. The molecule has 1 aliphatic rings. The van der Waals surface area contributed by atoms with E-state index in [1.165, 1.54) is 0 Å². The van der Waals surface area contributed by atoms with Crippen LogP contribution in [0, 0.1) is 12.3 Å². The van der Waals surface area contributed by atoms with E-state index < -0.39 is 0 Å². The molecule has 1 amide bonds. The molecular weight excluding hydrogens is 230 g/mol. The maximum Gasteiger partial charge on any atom is 0.258 e. The van der Waals surface area contributed by atoms with Crippen LogP contribution < -0.4 is 10.1 Å². The van der Waals surface area contributed by atoms with Gasteiger partial charge in [0.15, 0.2) is 12.4 Å². The Morgan fingerprint density at radius 3 is 3.06 bits per heavy atom. The van der Waals surface area contributed by atoms with Crippen LogP contribution in [-0.4, -0.2) is 24.8 Å². The van der Waals surface area contributed by atoms with E-state index in [9.17, 15) is 9.59 Å². The van der Waals surface area contributed by atoms with Crippen LogP contribution in [0.3, 0.4) is 0 Å². The summed E-state index contributed by atoms with van der Waals surface area (Å²) in [6, 6.07) is 5.27. The fourth-order valence-corrected chi connectivity index (χ4v) is 1.87. The van der Waals surface area contributed by atoms with Gasteiger partial charge in [0.25, 0.3) is 5.91 Å². The smallest absolute Gasteiger partial charge is 0.258 e. The Balaban J connectivity index is 1.93. The average Bonchev–Trinajstić information content (AvgIpc) is 2.75. The summed E-state index contributed by atoms with van der Waals surface area (Å²) in [6.45, 7) is 0.120. The normalized spacial score (nSPS) is 12.7. The second-order valence-corrected chi connectivity index (χ2v) is 4.01. The summed E-state index contributed by atoms with van der Waals surface area (Å²) >= 11 is 0. The second-order valence-electron chi connectivity index (χ2n) is 4.01. The lowest BCUT2D eigenvalue weighted by Gasteiger charge is -2.07. The van der Waals surface area contributed by atoms with Crippen molar-refractivity contribution in [3.05, 3.63) is 29.3 Å². The van der Waals surface area contributed by atoms with Gasteiger partial charge in [0.05, 0.1) is 6.54 Å². The fraction of sp³-hybridized carbons (Fsp3) is 0.286. The molecule has 0 heterocycles. The standard InChI is InChI=1S/C14H13NO3/c1-2-7-15-14(17)9-18-11-4-5-12-10(8-11)3-6-13(12)16/h1,4-5,8H,3,6-7,9H2,(H,15,17). The van der Waals surface area contributed by atoms with Crippen LogP contribution in [0.2, 0.25) is 0 Å². The zero-order chi connectivity index (χ0) is 13.0. The van der Waals surface area contributed by atoms with Gasteiger partial charge in [0.2, 0.25) is 0 Å². The van der Waals surface area contributed by atoms with Crippen molar-refractivity contribution in [2.45, 2.75) is 12.8 Å². The number of ketones is 1. The van der Waals surface area contributed by atoms with Gasteiger partial charge in [-0.3, -0.25) is 9.59 Å². The molecule has 1 aromatic rings. The molecule has 0 atom stereocenters. The SMILES string of the molecule is C#CCNC(=O)COc1ccc2c(c1)CCC2=O. The van der Waals surface area contributed by atoms with Crippen molar-refractivity contribution in [2.75, 3.05) is 13.2 Å². The first kappa shape index (κ1) is 12.2. The Morgan fingerprint density at radius 1 is 1.44 bits per heavy atom. The maximum absolute atomic E-state index is 11.4. The van der Waals surface area contributed by atoms with Crippen LogP contribution in [0.1, 0.15) is 22.3 Å². The van der Waals surface area contributed by atoms with Crippen LogP contribution in [-0.2, 0) is 11.2 Å². The maximum atomic E-state index is 11.4. The fourth-order valence-electron chi connectivity index (χ4n) is 1.87. The molecule has 0 aliphatic heterocycles. The van der Waals surface area contributed by atoms with E-state index in [-0.39, 0.29) is 24.8 Å². The number of hydrogen-bond donors (Lipinski definition) is 1. The Kier molecular flexibility index (Phi) is 3.63. The molecule has 0 saturated carbocycles. The highest BCUT2D eigenvalue weighted by molar-refractivity contribution is 6.00. The number of carbonyl (C=O) groups excluding carboxylic acids is 2. The van der Waals surface area contributed by atoms with E-state index in [1.54, 1.807) is 12.1 Å². The van der Waals surface area contributed by atoms with Crippen molar-refractivity contribution in [3.63, 3.8) is 0 Å². The number of carbonyl (C=O) groups is 2. The van der Waals surface area contributed by atoms with E-state index in [1.807, 2.05) is 6.07 Å². The lowest BCUT2D eigenvalue weighted by Crippen LogP contribution is -2.29. The molecule has 4 nitrogen and oxygen atoms in total. The molecule has 0 radical (unpaired) electrons. The lowest BCUT2D eigenvalue weighted by atomic mass is 10.1. The molecule has 1 aliphatic carbocycles. The minimum atomic E-state index is -0.260. The summed E-state index contributed by atoms with van der Waals surface area (Å²) in [6.07, 6.45) is 6.32. The number of aryl methyl sites for hydroxylation is 1. The quantitative estimate of drug-likeness (QED) is 0.801. The molecule has 0 unspecified atom stereocenters. The monoisotopic (exact) mass is 243 g/mol. The van der Waals surface area contributed by atoms with E-state index in [0.29, 0.717) is 12.2 Å². The summed E-state index contributed by atoms with van der Waals surface area (Å²) in [7, 11) is 0. The van der Waals surface area contributed by atoms with Gasteiger partial charge >= 0.3 is 0 Å². The Hall–Kier alpha value is -2.28. The third-order valence-electron chi connectivity index (χ3n) is 2.76. The summed E-state index contributed by atoms with van der Waals surface area (Å²) in [5, 5.41) is 2.51. The summed E-state index contributed by atoms with van der Waals surface area (Å²) in [5.74, 6) is 2.82. The number of benzene rings is 1. The van der Waals surface area contributed by atoms with Gasteiger partial charge < -0.3 is 10.1 Å². The number of nitrogens with one attached hydrogen (secondary N) is 1. The summed E-state index contributed by atoms with van der Waals surface area (Å²) in [5.41, 5.74) is 1.75. The van der Waals surface area contributed by atoms with Gasteiger partial charge in [-0.25, -0.2) is 0 Å². The number of terminal acetylenes is 1. The molecule has 2 rings (SSSR count). The molecule has 1 aromatic carbocycles. The van der Waals surface area contributed by atoms with Crippen molar-refractivity contribution in [1.82, 2.24) is 5.32 Å². The molecule has 0 aromatic heterocycles. The first-order valence-electron chi connectivity index (χ1n) is 5.70. The molecule has 1 N–H and O–H groups in total. The van der Waals surface area contributed by atoms with Crippen LogP contribution in [0.25, 0.3) is 0 Å². The number of amides is 1. The number of hydrogen-bond acceptors (Lipinski definition) is 3. The topological polar surface area (TPSA) is 55.4 Å². The summed E-state index contributed by atoms with van der Waals surface area (Å²) < 4.78 is 5.33. The lowest BCUT2D eigenvalue weighted by molar-refractivity contribution is -0.122. The van der Waals surface area contributed by atoms with Crippen molar-refractivity contribution in [2.24, 2.45) is 0 Å². The first-order chi connectivity index (χ1) is 8.70. The zero-order valence-corrected chi connectivity index (χ0v) is 9.86. The first-order valence-corrected chi connectivity index (χ1v) is 5.70. The molecule has 0 spiro atoms. The Labute approximate surface area is 105 Å². The largest absolute Gasteiger partial charge is 0.484 e. The van der Waals surface area contributed by atoms with Crippen LogP contribution in [0.15, 0.2) is 18.2 Å². The second kappa shape index (κ2) is 5.37. The number of Topliss-reactive ketones (excluding diaryl/α,β-unsaturated/α-hetero) is 1. The van der Waals surface area contributed by atoms with Crippen molar-refractivity contribution < 1.29 is 14.3 Å². The van der Waals surface area contributed by atoms with Gasteiger partial charge in [0, 0.05) is 12.0 Å². The minimum absolute atomic E-state index is 0.0750. The van der Waals surface area contributed by atoms with Crippen LogP contribution in [0.4, 0.5) is 0 Å². The third kappa shape index (κ3) is 2.69. The predicted molar refractivity (Wildman–Crippen MR) is 66.4 cm³/mol. The molecule has 18 heavy (non-hydrogen) atoms. The van der Waals surface area contributed by atoms with Crippen molar-refractivity contribution in [3.8, 4) is 18.1 Å². The number of fused-ring (bicyclic) bond motifs is 1. The molecule has 0 saturated heterocycles. The molecule has 92 valence electrons. The summed E-state index contributed by atoms with van der Waals surface area (Å²) in [4.78, 5) is 22.7. The average molecular weight is 243 g/mol. The van der Waals surface area contributed by atoms with Gasteiger partial charge in [0.1, 0.15) is 5.75 Å². The number of ether oxygens (including phenoxy) is 1. The third-order valence-corrected chi connectivity index (χ3v) is 2.76. The van der Waals surface area contributed by atoms with Gasteiger partial charge in [-0.05, 0) is 30.2 Å². The molecule has 0 fully saturated rings. The highest BCUT2D eigenvalue weighted by atomic mass is 16.5. The van der Waals surface area contributed by atoms with Crippen LogP contribution >= 0.6 is 0 Å². The molecule has 0 bridgehead atoms. The van der Waals surface area contributed by atoms with E-state index >= 15 is 0 Å². The molecular formula is C14H13NO3. The predicted octanol–water partition coefficient (Wildman–Crippen LogP) is 0.944. The van der Waals surface area contributed by atoms with Gasteiger partial charge in [-0.1, -0.05) is 5.92 Å². The van der Waals surface area contributed by atoms with E-state index in [4.69, 9.17) is 11.2 Å². The van der Waals surface area contributed by atoms with Gasteiger partial charge in [-0.2, -0.15) is 0 Å². The minimum Gasteiger partial charge on any atom is -0.484 e. The van der Waals surface area contributed by atoms with Crippen molar-refractivity contribution in [1.29, 1.82) is 0 Å². The molecule has 4 heteroatoms.